The molecule has 2 rings (SSSR count). The van der Waals surface area contributed by atoms with Gasteiger partial charge in [-0.25, -0.2) is 8.42 Å². The summed E-state index contributed by atoms with van der Waals surface area (Å²) >= 11 is 0. The molecular weight excluding hydrogens is 437 g/mol. The quantitative estimate of drug-likeness (QED) is 0.407. The fourth-order valence-corrected chi connectivity index (χ4v) is 4.38. The molecule has 136 valence electrons. The van der Waals surface area contributed by atoms with Crippen LogP contribution in [-0.2, 0) is 15.3 Å². The van der Waals surface area contributed by atoms with Gasteiger partial charge in [0.1, 0.15) is 0 Å². The molecule has 1 aliphatic rings. The minimum atomic E-state index is -2.89. The van der Waals surface area contributed by atoms with Crippen LogP contribution in [-0.4, -0.2) is 45.5 Å². The van der Waals surface area contributed by atoms with E-state index in [4.69, 9.17) is 0 Å². The van der Waals surface area contributed by atoms with E-state index in [-0.39, 0.29) is 46.9 Å². The highest BCUT2D eigenvalue weighted by molar-refractivity contribution is 14.0. The molecule has 0 radical (unpaired) electrons. The van der Waals surface area contributed by atoms with Gasteiger partial charge in [0.15, 0.2) is 15.8 Å². The van der Waals surface area contributed by atoms with Crippen LogP contribution >= 0.6 is 24.0 Å². The van der Waals surface area contributed by atoms with Crippen molar-refractivity contribution in [2.24, 2.45) is 4.99 Å². The van der Waals surface area contributed by atoms with Gasteiger partial charge in [0.25, 0.3) is 0 Å². The summed E-state index contributed by atoms with van der Waals surface area (Å²) in [4.78, 5) is 4.21. The van der Waals surface area contributed by atoms with E-state index < -0.39 is 9.84 Å². The molecule has 1 heterocycles. The summed E-state index contributed by atoms with van der Waals surface area (Å²) in [5.74, 6) is 1.11. The number of nitrogens with one attached hydrogen (secondary N) is 2. The van der Waals surface area contributed by atoms with Crippen LogP contribution in [0.25, 0.3) is 0 Å². The molecule has 1 saturated heterocycles. The molecule has 0 aliphatic carbocycles. The van der Waals surface area contributed by atoms with Crippen molar-refractivity contribution in [1.82, 2.24) is 10.6 Å². The zero-order valence-electron chi connectivity index (χ0n) is 14.8. The first kappa shape index (κ1) is 21.2. The Kier molecular flexibility index (Phi) is 7.52. The number of hydrogen-bond acceptors (Lipinski definition) is 3. The molecule has 0 saturated carbocycles. The van der Waals surface area contributed by atoms with Gasteiger partial charge in [-0.05, 0) is 18.9 Å². The second kappa shape index (κ2) is 8.51. The standard InChI is InChI=1S/C17H27N3O2S.HI/c1-13-5-7-14(8-6-13)17(2,3)12-19-16(18-4)20-15-9-10-23(21,22)11-15;/h5-8,15H,9-12H2,1-4H3,(H2,18,19,20);1H. The molecule has 7 heteroatoms. The van der Waals surface area contributed by atoms with Crippen molar-refractivity contribution < 1.29 is 8.42 Å². The van der Waals surface area contributed by atoms with Crippen molar-refractivity contribution in [3.63, 3.8) is 0 Å². The number of aryl methyl sites for hydroxylation is 1. The number of sulfone groups is 1. The van der Waals surface area contributed by atoms with E-state index in [1.54, 1.807) is 7.05 Å². The Morgan fingerprint density at radius 2 is 1.92 bits per heavy atom. The summed E-state index contributed by atoms with van der Waals surface area (Å²) in [5.41, 5.74) is 2.46. The van der Waals surface area contributed by atoms with E-state index in [0.717, 1.165) is 6.54 Å². The van der Waals surface area contributed by atoms with E-state index in [2.05, 4.69) is 60.7 Å². The van der Waals surface area contributed by atoms with Crippen molar-refractivity contribution in [2.75, 3.05) is 25.1 Å². The third-order valence-electron chi connectivity index (χ3n) is 4.33. The number of guanidine groups is 1. The van der Waals surface area contributed by atoms with E-state index in [0.29, 0.717) is 12.4 Å². The average Bonchev–Trinajstić information content (AvgIpc) is 2.83. The Balaban J connectivity index is 0.00000288. The van der Waals surface area contributed by atoms with Crippen molar-refractivity contribution in [3.05, 3.63) is 35.4 Å². The predicted octanol–water partition coefficient (Wildman–Crippen LogP) is 2.24. The molecular formula is C17H28IN3O2S. The van der Waals surface area contributed by atoms with E-state index in [9.17, 15) is 8.42 Å². The fraction of sp³-hybridized carbons (Fsp3) is 0.588. The largest absolute Gasteiger partial charge is 0.356 e. The van der Waals surface area contributed by atoms with Crippen molar-refractivity contribution >= 4 is 39.8 Å². The molecule has 1 unspecified atom stereocenters. The summed E-state index contributed by atoms with van der Waals surface area (Å²) in [7, 11) is -1.18. The van der Waals surface area contributed by atoms with Crippen LogP contribution in [0.2, 0.25) is 0 Å². The maximum atomic E-state index is 11.5. The monoisotopic (exact) mass is 465 g/mol. The summed E-state index contributed by atoms with van der Waals surface area (Å²) in [6.07, 6.45) is 0.643. The highest BCUT2D eigenvalue weighted by Gasteiger charge is 2.29. The number of aliphatic imine (C=N–C) groups is 1. The highest BCUT2D eigenvalue weighted by Crippen LogP contribution is 2.22. The molecule has 0 amide bonds. The first-order valence-electron chi connectivity index (χ1n) is 7.97. The Labute approximate surface area is 162 Å². The molecule has 5 nitrogen and oxygen atoms in total. The lowest BCUT2D eigenvalue weighted by Crippen LogP contribution is -2.47. The van der Waals surface area contributed by atoms with Gasteiger partial charge in [-0.2, -0.15) is 0 Å². The first-order valence-corrected chi connectivity index (χ1v) is 9.79. The highest BCUT2D eigenvalue weighted by atomic mass is 127. The van der Waals surface area contributed by atoms with Crippen molar-refractivity contribution in [1.29, 1.82) is 0 Å². The molecule has 1 fully saturated rings. The van der Waals surface area contributed by atoms with Crippen molar-refractivity contribution in [3.8, 4) is 0 Å². The van der Waals surface area contributed by atoms with Crippen LogP contribution < -0.4 is 10.6 Å². The van der Waals surface area contributed by atoms with Crippen LogP contribution in [0, 0.1) is 6.92 Å². The summed E-state index contributed by atoms with van der Waals surface area (Å²) in [6, 6.07) is 8.49. The van der Waals surface area contributed by atoms with Crippen LogP contribution in [0.5, 0.6) is 0 Å². The third-order valence-corrected chi connectivity index (χ3v) is 6.10. The van der Waals surface area contributed by atoms with E-state index in [1.165, 1.54) is 11.1 Å². The summed E-state index contributed by atoms with van der Waals surface area (Å²) in [5, 5.41) is 6.54. The summed E-state index contributed by atoms with van der Waals surface area (Å²) < 4.78 is 23.1. The number of nitrogens with zero attached hydrogens (tertiary/aromatic N) is 1. The SMILES string of the molecule is CN=C(NCC(C)(C)c1ccc(C)cc1)NC1CCS(=O)(=O)C1.I. The van der Waals surface area contributed by atoms with Crippen LogP contribution in [0.15, 0.2) is 29.3 Å². The normalized spacial score (nSPS) is 20.3. The Hall–Kier alpha value is -0.830. The minimum absolute atomic E-state index is 0. The summed E-state index contributed by atoms with van der Waals surface area (Å²) in [6.45, 7) is 7.15. The average molecular weight is 465 g/mol. The lowest BCUT2D eigenvalue weighted by molar-refractivity contribution is 0.505. The minimum Gasteiger partial charge on any atom is -0.356 e. The maximum Gasteiger partial charge on any atom is 0.191 e. The topological polar surface area (TPSA) is 70.6 Å². The molecule has 1 aliphatic heterocycles. The fourth-order valence-electron chi connectivity index (χ4n) is 2.71. The molecule has 0 bridgehead atoms. The first-order chi connectivity index (χ1) is 10.7. The predicted molar refractivity (Wildman–Crippen MR) is 111 cm³/mol. The van der Waals surface area contributed by atoms with Gasteiger partial charge in [0.2, 0.25) is 0 Å². The molecule has 24 heavy (non-hydrogen) atoms. The Morgan fingerprint density at radius 1 is 1.29 bits per heavy atom. The van der Waals surface area contributed by atoms with Crippen LogP contribution in [0.4, 0.5) is 0 Å². The molecule has 0 spiro atoms. The van der Waals surface area contributed by atoms with Gasteiger partial charge >= 0.3 is 0 Å². The van der Waals surface area contributed by atoms with Gasteiger partial charge in [0.05, 0.1) is 11.5 Å². The van der Waals surface area contributed by atoms with Gasteiger partial charge in [-0.3, -0.25) is 4.99 Å². The third kappa shape index (κ3) is 5.91. The van der Waals surface area contributed by atoms with Crippen LogP contribution in [0.3, 0.4) is 0 Å². The second-order valence-electron chi connectivity index (χ2n) is 6.92. The van der Waals surface area contributed by atoms with Gasteiger partial charge < -0.3 is 10.6 Å². The van der Waals surface area contributed by atoms with Gasteiger partial charge in [0, 0.05) is 25.0 Å². The number of hydrogen-bond donors (Lipinski definition) is 2. The Bertz CT molecular complexity index is 670. The Morgan fingerprint density at radius 3 is 2.42 bits per heavy atom. The van der Waals surface area contributed by atoms with Crippen molar-refractivity contribution in [2.45, 2.75) is 38.6 Å². The van der Waals surface area contributed by atoms with Gasteiger partial charge in [-0.1, -0.05) is 43.7 Å². The zero-order valence-corrected chi connectivity index (χ0v) is 17.9. The lowest BCUT2D eigenvalue weighted by atomic mass is 9.84. The maximum absolute atomic E-state index is 11.5. The smallest absolute Gasteiger partial charge is 0.191 e. The molecule has 0 aromatic heterocycles. The number of rotatable bonds is 4. The van der Waals surface area contributed by atoms with Gasteiger partial charge in [-0.15, -0.1) is 24.0 Å². The molecule has 1 aromatic carbocycles. The van der Waals surface area contributed by atoms with E-state index in [1.807, 2.05) is 0 Å². The van der Waals surface area contributed by atoms with E-state index >= 15 is 0 Å². The van der Waals surface area contributed by atoms with Crippen LogP contribution in [0.1, 0.15) is 31.4 Å². The number of halogens is 1. The lowest BCUT2D eigenvalue weighted by Gasteiger charge is -2.27. The molecule has 1 atom stereocenters. The zero-order chi connectivity index (χ0) is 17.1. The molecule has 1 aromatic rings. The number of benzene rings is 1. The molecule has 2 N–H and O–H groups in total. The second-order valence-corrected chi connectivity index (χ2v) is 9.15.